The summed E-state index contributed by atoms with van der Waals surface area (Å²) in [5, 5.41) is 15.0. The van der Waals surface area contributed by atoms with E-state index >= 15 is 0 Å². The Bertz CT molecular complexity index is 1360. The Labute approximate surface area is 166 Å². The molecule has 0 N–H and O–H groups in total. The summed E-state index contributed by atoms with van der Waals surface area (Å²) in [5.41, 5.74) is 0.770. The predicted molar refractivity (Wildman–Crippen MR) is 106 cm³/mol. The summed E-state index contributed by atoms with van der Waals surface area (Å²) in [6, 6.07) is 12.7. The number of rotatable bonds is 4. The van der Waals surface area contributed by atoms with Crippen molar-refractivity contribution in [1.82, 2.24) is 14.6 Å². The smallest absolute Gasteiger partial charge is 0.308 e. The molecule has 0 spiro atoms. The topological polar surface area (TPSA) is 117 Å². The predicted octanol–water partition coefficient (Wildman–Crippen LogP) is 2.20. The standard InChI is InChI=1S/C19H12N4O5S/c1-11(24)28-15-5-3-2-4-14(15)17-20-19-22(21-17)18(25)16(29-19)10-12-6-8-13(9-7-12)23(26)27/h2-10H,1H3/b16-10-. The van der Waals surface area contributed by atoms with Crippen molar-refractivity contribution in [2.24, 2.45) is 0 Å². The molecule has 0 radical (unpaired) electrons. The van der Waals surface area contributed by atoms with Crippen LogP contribution in [-0.4, -0.2) is 25.5 Å². The van der Waals surface area contributed by atoms with Crippen LogP contribution in [0, 0.1) is 10.1 Å². The molecule has 0 aliphatic carbocycles. The van der Waals surface area contributed by atoms with E-state index in [1.54, 1.807) is 42.5 Å². The number of ether oxygens (including phenoxy) is 1. The lowest BCUT2D eigenvalue weighted by atomic mass is 10.2. The summed E-state index contributed by atoms with van der Waals surface area (Å²) >= 11 is 1.14. The van der Waals surface area contributed by atoms with Gasteiger partial charge in [0.25, 0.3) is 11.2 Å². The Balaban J connectivity index is 1.75. The van der Waals surface area contributed by atoms with Crippen LogP contribution in [0.1, 0.15) is 12.5 Å². The Morgan fingerprint density at radius 2 is 1.93 bits per heavy atom. The molecule has 0 aliphatic rings. The third-order valence-corrected chi connectivity index (χ3v) is 4.92. The van der Waals surface area contributed by atoms with E-state index < -0.39 is 10.9 Å². The van der Waals surface area contributed by atoms with E-state index in [1.165, 1.54) is 23.6 Å². The lowest BCUT2D eigenvalue weighted by Crippen LogP contribution is -2.23. The number of thiazole rings is 1. The van der Waals surface area contributed by atoms with Crippen LogP contribution in [0.3, 0.4) is 0 Å². The van der Waals surface area contributed by atoms with Crippen LogP contribution in [0.25, 0.3) is 22.4 Å². The quantitative estimate of drug-likeness (QED) is 0.220. The number of fused-ring (bicyclic) bond motifs is 1. The molecule has 0 saturated heterocycles. The van der Waals surface area contributed by atoms with Crippen LogP contribution < -0.4 is 14.8 Å². The molecule has 0 aliphatic heterocycles. The molecule has 0 amide bonds. The van der Waals surface area contributed by atoms with Gasteiger partial charge in [0.2, 0.25) is 4.96 Å². The van der Waals surface area contributed by atoms with E-state index in [-0.39, 0.29) is 17.1 Å². The number of esters is 1. The first-order valence-corrected chi connectivity index (χ1v) is 9.17. The van der Waals surface area contributed by atoms with E-state index in [4.69, 9.17) is 4.74 Å². The highest BCUT2D eigenvalue weighted by molar-refractivity contribution is 7.15. The maximum atomic E-state index is 12.7. The number of nitro groups is 1. The highest BCUT2D eigenvalue weighted by Gasteiger charge is 2.16. The van der Waals surface area contributed by atoms with Gasteiger partial charge in [-0.15, -0.1) is 5.10 Å². The van der Waals surface area contributed by atoms with Crippen molar-refractivity contribution in [2.75, 3.05) is 0 Å². The van der Waals surface area contributed by atoms with Crippen molar-refractivity contribution < 1.29 is 14.5 Å². The average Bonchev–Trinajstić information content (AvgIpc) is 3.22. The first-order chi connectivity index (χ1) is 13.9. The number of carbonyl (C=O) groups excluding carboxylic acids is 1. The molecule has 4 aromatic rings. The van der Waals surface area contributed by atoms with Crippen molar-refractivity contribution in [3.8, 4) is 17.1 Å². The zero-order valence-corrected chi connectivity index (χ0v) is 15.8. The highest BCUT2D eigenvalue weighted by Crippen LogP contribution is 2.27. The van der Waals surface area contributed by atoms with E-state index in [0.29, 0.717) is 26.4 Å². The number of aromatic nitrogens is 3. The van der Waals surface area contributed by atoms with Crippen LogP contribution in [0.5, 0.6) is 5.75 Å². The summed E-state index contributed by atoms with van der Waals surface area (Å²) in [6.45, 7) is 1.30. The monoisotopic (exact) mass is 408 g/mol. The van der Waals surface area contributed by atoms with Crippen LogP contribution in [0.2, 0.25) is 0 Å². The van der Waals surface area contributed by atoms with Gasteiger partial charge in [-0.2, -0.15) is 9.50 Å². The number of benzene rings is 2. The van der Waals surface area contributed by atoms with Gasteiger partial charge in [-0.05, 0) is 35.9 Å². The van der Waals surface area contributed by atoms with Gasteiger partial charge in [0.05, 0.1) is 15.0 Å². The molecule has 0 atom stereocenters. The molecule has 0 bridgehead atoms. The maximum Gasteiger partial charge on any atom is 0.308 e. The van der Waals surface area contributed by atoms with Crippen LogP contribution >= 0.6 is 11.3 Å². The fraction of sp³-hybridized carbons (Fsp3) is 0.0526. The molecule has 2 aromatic carbocycles. The molecular formula is C19H12N4O5S. The Kier molecular flexibility index (Phi) is 4.61. The van der Waals surface area contributed by atoms with Gasteiger partial charge >= 0.3 is 5.97 Å². The van der Waals surface area contributed by atoms with E-state index in [2.05, 4.69) is 10.1 Å². The Morgan fingerprint density at radius 1 is 1.21 bits per heavy atom. The number of non-ortho nitro benzene ring substituents is 1. The number of hydrogen-bond acceptors (Lipinski definition) is 8. The van der Waals surface area contributed by atoms with Gasteiger partial charge < -0.3 is 4.74 Å². The number of hydrogen-bond donors (Lipinski definition) is 0. The maximum absolute atomic E-state index is 12.7. The lowest BCUT2D eigenvalue weighted by molar-refractivity contribution is -0.384. The van der Waals surface area contributed by atoms with Crippen molar-refractivity contribution in [3.63, 3.8) is 0 Å². The minimum absolute atomic E-state index is 0.0248. The molecule has 29 heavy (non-hydrogen) atoms. The SMILES string of the molecule is CC(=O)Oc1ccccc1-c1nc2s/c(=C\c3ccc([N+](=O)[O-])cc3)c(=O)n2n1. The fourth-order valence-corrected chi connectivity index (χ4v) is 3.59. The van der Waals surface area contributed by atoms with Crippen LogP contribution in [0.15, 0.2) is 53.3 Å². The summed E-state index contributed by atoms with van der Waals surface area (Å²) in [4.78, 5) is 39.0. The molecule has 0 saturated carbocycles. The highest BCUT2D eigenvalue weighted by atomic mass is 32.1. The zero-order chi connectivity index (χ0) is 20.5. The molecule has 2 heterocycles. The van der Waals surface area contributed by atoms with Crippen molar-refractivity contribution in [2.45, 2.75) is 6.92 Å². The van der Waals surface area contributed by atoms with E-state index in [9.17, 15) is 19.7 Å². The van der Waals surface area contributed by atoms with Gasteiger partial charge in [0.15, 0.2) is 5.82 Å². The van der Waals surface area contributed by atoms with E-state index in [1.807, 2.05) is 0 Å². The van der Waals surface area contributed by atoms with Gasteiger partial charge in [-0.1, -0.05) is 23.5 Å². The zero-order valence-electron chi connectivity index (χ0n) is 14.9. The van der Waals surface area contributed by atoms with Crippen molar-refractivity contribution in [3.05, 3.63) is 79.1 Å². The number of carbonyl (C=O) groups is 1. The van der Waals surface area contributed by atoms with E-state index in [0.717, 1.165) is 11.3 Å². The summed E-state index contributed by atoms with van der Waals surface area (Å²) in [5.74, 6) is 0.110. The first-order valence-electron chi connectivity index (χ1n) is 8.36. The van der Waals surface area contributed by atoms with Crippen molar-refractivity contribution >= 4 is 34.0 Å². The van der Waals surface area contributed by atoms with Crippen LogP contribution in [-0.2, 0) is 4.79 Å². The molecule has 0 fully saturated rings. The molecule has 9 nitrogen and oxygen atoms in total. The number of para-hydroxylation sites is 1. The molecule has 10 heteroatoms. The minimum Gasteiger partial charge on any atom is -0.426 e. The summed E-state index contributed by atoms with van der Waals surface area (Å²) < 4.78 is 6.75. The summed E-state index contributed by atoms with van der Waals surface area (Å²) in [6.07, 6.45) is 1.62. The minimum atomic E-state index is -0.485. The van der Waals surface area contributed by atoms with Gasteiger partial charge in [0, 0.05) is 19.1 Å². The molecule has 0 unspecified atom stereocenters. The van der Waals surface area contributed by atoms with Gasteiger partial charge in [-0.25, -0.2) is 0 Å². The molecular weight excluding hydrogens is 396 g/mol. The summed E-state index contributed by atoms with van der Waals surface area (Å²) in [7, 11) is 0. The molecule has 144 valence electrons. The second-order valence-corrected chi connectivity index (χ2v) is 6.99. The number of nitro benzene ring substituents is 1. The Morgan fingerprint density at radius 3 is 2.59 bits per heavy atom. The van der Waals surface area contributed by atoms with Gasteiger partial charge in [-0.3, -0.25) is 19.7 Å². The molecule has 2 aromatic heterocycles. The third-order valence-electron chi connectivity index (χ3n) is 3.97. The average molecular weight is 408 g/mol. The first kappa shape index (κ1) is 18.4. The second kappa shape index (κ2) is 7.24. The van der Waals surface area contributed by atoms with Gasteiger partial charge in [0.1, 0.15) is 5.75 Å². The molecule has 4 rings (SSSR count). The lowest BCUT2D eigenvalue weighted by Gasteiger charge is -2.04. The van der Waals surface area contributed by atoms with Crippen molar-refractivity contribution in [1.29, 1.82) is 0 Å². The largest absolute Gasteiger partial charge is 0.426 e. The number of nitrogens with zero attached hydrogens (tertiary/aromatic N) is 4. The third kappa shape index (κ3) is 3.60. The fourth-order valence-electron chi connectivity index (χ4n) is 2.69. The Hall–Kier alpha value is -3.92. The second-order valence-electron chi connectivity index (χ2n) is 5.98. The normalized spacial score (nSPS) is 11.7. The van der Waals surface area contributed by atoms with Crippen LogP contribution in [0.4, 0.5) is 5.69 Å².